The van der Waals surface area contributed by atoms with E-state index in [1.165, 1.54) is 11.1 Å². The normalized spacial score (nSPS) is 17.6. The Balaban J connectivity index is 1.67. The zero-order valence-corrected chi connectivity index (χ0v) is 25.0. The van der Waals surface area contributed by atoms with Gasteiger partial charge in [-0.05, 0) is 61.1 Å². The third-order valence-corrected chi connectivity index (χ3v) is 7.55. The fraction of sp³-hybridized carbons (Fsp3) is 0.500. The molecule has 2 aromatic rings. The minimum Gasteiger partial charge on any atom is -0.493 e. The Bertz CT molecular complexity index is 1200. The molecule has 41 heavy (non-hydrogen) atoms. The van der Waals surface area contributed by atoms with E-state index in [1.54, 1.807) is 28.4 Å². The van der Waals surface area contributed by atoms with Gasteiger partial charge in [0.2, 0.25) is 0 Å². The molecule has 0 saturated carbocycles. The fourth-order valence-corrected chi connectivity index (χ4v) is 5.43. The van der Waals surface area contributed by atoms with Crippen molar-refractivity contribution in [3.63, 3.8) is 0 Å². The van der Waals surface area contributed by atoms with Crippen LogP contribution >= 0.6 is 0 Å². The summed E-state index contributed by atoms with van der Waals surface area (Å²) in [5.41, 5.74) is 3.56. The number of fused-ring (bicyclic) bond motifs is 1. The van der Waals surface area contributed by atoms with E-state index in [9.17, 15) is 9.59 Å². The zero-order chi connectivity index (χ0) is 29.8. The molecule has 0 saturated heterocycles. The van der Waals surface area contributed by atoms with Crippen LogP contribution in [-0.4, -0.2) is 78.2 Å². The number of nitrogens with zero attached hydrogens (tertiary/aromatic N) is 1. The van der Waals surface area contributed by atoms with Gasteiger partial charge in [-0.2, -0.15) is 0 Å². The molecule has 2 unspecified atom stereocenters. The number of unbranched alkanes of at least 4 members (excludes halogenated alkanes) is 2. The predicted molar refractivity (Wildman–Crippen MR) is 156 cm³/mol. The number of benzene rings is 2. The summed E-state index contributed by atoms with van der Waals surface area (Å²) in [5, 5.41) is 0. The number of hydrogen-bond donors (Lipinski definition) is 0. The van der Waals surface area contributed by atoms with Crippen LogP contribution in [0.4, 0.5) is 0 Å². The van der Waals surface area contributed by atoms with Gasteiger partial charge in [0, 0.05) is 17.6 Å². The first-order chi connectivity index (χ1) is 19.7. The summed E-state index contributed by atoms with van der Waals surface area (Å²) >= 11 is 0. The highest BCUT2D eigenvalue weighted by Crippen LogP contribution is 2.41. The lowest BCUT2D eigenvalue weighted by atomic mass is 9.83. The maximum atomic E-state index is 12.6. The van der Waals surface area contributed by atoms with E-state index in [2.05, 4.69) is 31.8 Å². The molecule has 0 aliphatic carbocycles. The summed E-state index contributed by atoms with van der Waals surface area (Å²) in [5.74, 6) is 2.38. The molecule has 1 heterocycles. The largest absolute Gasteiger partial charge is 0.493 e. The average Bonchev–Trinajstić information content (AvgIpc) is 2.98. The van der Waals surface area contributed by atoms with Gasteiger partial charge in [0.05, 0.1) is 68.2 Å². The number of rotatable bonds is 16. The van der Waals surface area contributed by atoms with Crippen LogP contribution in [0.15, 0.2) is 43.0 Å². The Morgan fingerprint density at radius 2 is 1.51 bits per heavy atom. The molecule has 0 N–H and O–H groups in total. The molecule has 224 valence electrons. The zero-order valence-electron chi connectivity index (χ0n) is 25.0. The van der Waals surface area contributed by atoms with Crippen molar-refractivity contribution in [2.24, 2.45) is 0 Å². The van der Waals surface area contributed by atoms with Gasteiger partial charge in [-0.3, -0.25) is 4.79 Å². The second-order valence-electron chi connectivity index (χ2n) is 10.6. The van der Waals surface area contributed by atoms with E-state index < -0.39 is 5.97 Å². The summed E-state index contributed by atoms with van der Waals surface area (Å²) in [7, 11) is 8.76. The average molecular weight is 571 g/mol. The van der Waals surface area contributed by atoms with Crippen molar-refractivity contribution in [1.29, 1.82) is 0 Å². The third kappa shape index (κ3) is 8.88. The Hall–Kier alpha value is -3.72. The number of esters is 2. The summed E-state index contributed by atoms with van der Waals surface area (Å²) in [6, 6.07) is 10.2. The lowest BCUT2D eigenvalue weighted by Crippen LogP contribution is -2.50. The van der Waals surface area contributed by atoms with Gasteiger partial charge < -0.3 is 32.9 Å². The second kappa shape index (κ2) is 15.3. The fourth-order valence-electron chi connectivity index (χ4n) is 5.43. The number of quaternary nitrogens is 1. The molecular weight excluding hydrogens is 526 g/mol. The highest BCUT2D eigenvalue weighted by atomic mass is 16.5. The minimum atomic E-state index is -0.420. The van der Waals surface area contributed by atoms with Crippen LogP contribution < -0.4 is 18.9 Å². The van der Waals surface area contributed by atoms with Gasteiger partial charge in [0.1, 0.15) is 6.54 Å². The van der Waals surface area contributed by atoms with Gasteiger partial charge in [-0.1, -0.05) is 12.6 Å². The minimum absolute atomic E-state index is 0.188. The first kappa shape index (κ1) is 31.8. The van der Waals surface area contributed by atoms with Crippen molar-refractivity contribution in [2.75, 3.05) is 61.8 Å². The molecule has 9 nitrogen and oxygen atoms in total. The summed E-state index contributed by atoms with van der Waals surface area (Å²) in [6.07, 6.45) is 4.54. The molecule has 0 fully saturated rings. The molecule has 0 spiro atoms. The number of hydrogen-bond acceptors (Lipinski definition) is 8. The molecule has 0 bridgehead atoms. The highest BCUT2D eigenvalue weighted by molar-refractivity contribution is 5.81. The van der Waals surface area contributed by atoms with Crippen molar-refractivity contribution in [1.82, 2.24) is 0 Å². The van der Waals surface area contributed by atoms with Gasteiger partial charge in [-0.25, -0.2) is 4.79 Å². The van der Waals surface area contributed by atoms with Crippen LogP contribution in [0.5, 0.6) is 23.0 Å². The number of methoxy groups -OCH3 is 4. The van der Waals surface area contributed by atoms with Crippen molar-refractivity contribution < 1.29 is 42.5 Å². The highest BCUT2D eigenvalue weighted by Gasteiger charge is 2.37. The smallest absolute Gasteiger partial charge is 0.330 e. The Morgan fingerprint density at radius 3 is 2.17 bits per heavy atom. The van der Waals surface area contributed by atoms with E-state index in [4.69, 9.17) is 28.4 Å². The van der Waals surface area contributed by atoms with Crippen LogP contribution in [-0.2, 0) is 32.0 Å². The molecular formula is C32H44NO8+. The van der Waals surface area contributed by atoms with Crippen LogP contribution in [0.2, 0.25) is 0 Å². The van der Waals surface area contributed by atoms with E-state index >= 15 is 0 Å². The van der Waals surface area contributed by atoms with Crippen molar-refractivity contribution in [3.8, 4) is 23.0 Å². The molecule has 0 amide bonds. The number of carbonyl (C=O) groups excluding carboxylic acids is 2. The van der Waals surface area contributed by atoms with Gasteiger partial charge in [0.15, 0.2) is 23.0 Å². The quantitative estimate of drug-likeness (QED) is 0.123. The first-order valence-corrected chi connectivity index (χ1v) is 14.0. The number of likely N-dealkylation sites (N-methyl/N-ethyl adjacent to an activating group) is 1. The lowest BCUT2D eigenvalue weighted by molar-refractivity contribution is -0.925. The van der Waals surface area contributed by atoms with Crippen LogP contribution in [0.25, 0.3) is 0 Å². The van der Waals surface area contributed by atoms with Crippen LogP contribution in [0.3, 0.4) is 0 Å². The summed E-state index contributed by atoms with van der Waals surface area (Å²) < 4.78 is 33.4. The number of ether oxygens (including phenoxy) is 6. The molecule has 3 rings (SSSR count). The first-order valence-electron chi connectivity index (χ1n) is 14.0. The second-order valence-corrected chi connectivity index (χ2v) is 10.6. The van der Waals surface area contributed by atoms with E-state index in [0.29, 0.717) is 53.7 Å². The maximum absolute atomic E-state index is 12.6. The molecule has 2 atom stereocenters. The topological polar surface area (TPSA) is 89.5 Å². The molecule has 0 aromatic heterocycles. The molecule has 1 aliphatic rings. The van der Waals surface area contributed by atoms with E-state index in [-0.39, 0.29) is 11.9 Å². The molecule has 9 heteroatoms. The van der Waals surface area contributed by atoms with Crippen LogP contribution in [0.1, 0.15) is 48.3 Å². The van der Waals surface area contributed by atoms with Crippen molar-refractivity contribution in [2.45, 2.75) is 44.6 Å². The Labute approximate surface area is 243 Å². The standard InChI is InChI=1S/C32H44NO8/c1-7-31(34)40-15-9-8-10-16-41-32(35)13-14-33(2)21-24(17-23-11-12-27(36-3)28(18-23)37-4)26-20-30(39-6)29(38-5)19-25(26)22-33/h7,11-12,18-20,24H,1,8-10,13-17,21-22H2,2-6H3/q+1. The van der Waals surface area contributed by atoms with E-state index in [0.717, 1.165) is 50.4 Å². The maximum Gasteiger partial charge on any atom is 0.330 e. The van der Waals surface area contributed by atoms with Gasteiger partial charge in [0.25, 0.3) is 0 Å². The summed E-state index contributed by atoms with van der Waals surface area (Å²) in [6.45, 7) is 6.36. The van der Waals surface area contributed by atoms with Crippen molar-refractivity contribution in [3.05, 3.63) is 59.7 Å². The Kier molecular flexibility index (Phi) is 11.9. The molecule has 0 radical (unpaired) electrons. The monoisotopic (exact) mass is 570 g/mol. The van der Waals surface area contributed by atoms with Gasteiger partial charge in [-0.15, -0.1) is 0 Å². The SMILES string of the molecule is C=CC(=O)OCCCCCOC(=O)CC[N+]1(C)Cc2cc(OC)c(OC)cc2C(Cc2ccc(OC)c(OC)c2)C1. The Morgan fingerprint density at radius 1 is 0.878 bits per heavy atom. The predicted octanol–water partition coefficient (Wildman–Crippen LogP) is 4.84. The van der Waals surface area contributed by atoms with Crippen LogP contribution in [0, 0.1) is 0 Å². The molecule has 2 aromatic carbocycles. The number of carbonyl (C=O) groups is 2. The lowest BCUT2D eigenvalue weighted by Gasteiger charge is -2.42. The molecule has 1 aliphatic heterocycles. The summed E-state index contributed by atoms with van der Waals surface area (Å²) in [4.78, 5) is 23.7. The third-order valence-electron chi connectivity index (χ3n) is 7.55. The van der Waals surface area contributed by atoms with Crippen molar-refractivity contribution >= 4 is 11.9 Å². The van der Waals surface area contributed by atoms with E-state index in [1.807, 2.05) is 12.1 Å². The van der Waals surface area contributed by atoms with Gasteiger partial charge >= 0.3 is 11.9 Å².